The van der Waals surface area contributed by atoms with Gasteiger partial charge in [-0.3, -0.25) is 4.79 Å². The van der Waals surface area contributed by atoms with Crippen LogP contribution in [0.25, 0.3) is 0 Å². The third-order valence-corrected chi connectivity index (χ3v) is 5.68. The number of rotatable bonds is 6. The van der Waals surface area contributed by atoms with Gasteiger partial charge < -0.3 is 14.8 Å². The Morgan fingerprint density at radius 2 is 1.85 bits per heavy atom. The Morgan fingerprint density at radius 3 is 2.41 bits per heavy atom. The van der Waals surface area contributed by atoms with Crippen molar-refractivity contribution in [1.29, 1.82) is 0 Å². The molecule has 2 rings (SSSR count). The van der Waals surface area contributed by atoms with Gasteiger partial charge in [0.1, 0.15) is 0 Å². The summed E-state index contributed by atoms with van der Waals surface area (Å²) in [6.45, 7) is 3.74. The molecule has 8 nitrogen and oxygen atoms in total. The van der Waals surface area contributed by atoms with Gasteiger partial charge in [0, 0.05) is 13.1 Å². The van der Waals surface area contributed by atoms with Gasteiger partial charge in [0.25, 0.3) is 5.91 Å². The lowest BCUT2D eigenvalue weighted by Gasteiger charge is -2.34. The molecule has 0 unspecified atom stereocenters. The molecule has 1 amide bonds. The maximum atomic E-state index is 12.8. The molecule has 1 heterocycles. The summed E-state index contributed by atoms with van der Waals surface area (Å²) < 4.78 is 37.3. The Kier molecular flexibility index (Phi) is 6.96. The van der Waals surface area contributed by atoms with Crippen molar-refractivity contribution in [1.82, 2.24) is 9.62 Å². The van der Waals surface area contributed by atoms with E-state index in [0.717, 1.165) is 0 Å². The summed E-state index contributed by atoms with van der Waals surface area (Å²) in [5.74, 6) is 0.979. The number of hydrogen-bond acceptors (Lipinski definition) is 6. The largest absolute Gasteiger partial charge is 0.452 e. The van der Waals surface area contributed by atoms with Crippen LogP contribution < -0.4 is 5.32 Å². The standard InChI is InChI=1S/C18H22N2O6S/c1-4-9-19-17(21)12-25-18(22)15-5-7-16(8-6-15)27(23,24)20-10-13(2)26-14(3)11-20/h1,5-8,13-14H,9-12H2,2-3H3,(H,19,21)/t13-,14-/m1/s1. The molecule has 1 N–H and O–H groups in total. The highest BCUT2D eigenvalue weighted by Crippen LogP contribution is 2.21. The number of esters is 1. The predicted octanol–water partition coefficient (Wildman–Crippen LogP) is 0.391. The molecule has 0 aliphatic carbocycles. The maximum Gasteiger partial charge on any atom is 0.338 e. The van der Waals surface area contributed by atoms with E-state index in [4.69, 9.17) is 15.9 Å². The molecule has 1 aromatic carbocycles. The normalized spacial score (nSPS) is 20.5. The molecule has 2 atom stereocenters. The van der Waals surface area contributed by atoms with Gasteiger partial charge in [-0.25, -0.2) is 13.2 Å². The lowest BCUT2D eigenvalue weighted by Crippen LogP contribution is -2.48. The Hall–Kier alpha value is -2.41. The highest BCUT2D eigenvalue weighted by atomic mass is 32.2. The van der Waals surface area contributed by atoms with Crippen LogP contribution in [-0.4, -0.2) is 63.0 Å². The lowest BCUT2D eigenvalue weighted by molar-refractivity contribution is -0.123. The first kappa shape index (κ1) is 20.9. The van der Waals surface area contributed by atoms with Crippen LogP contribution >= 0.6 is 0 Å². The van der Waals surface area contributed by atoms with E-state index in [1.165, 1.54) is 28.6 Å². The summed E-state index contributed by atoms with van der Waals surface area (Å²) >= 11 is 0. The molecule has 1 saturated heterocycles. The smallest absolute Gasteiger partial charge is 0.338 e. The van der Waals surface area contributed by atoms with Crippen LogP contribution in [0.1, 0.15) is 24.2 Å². The minimum absolute atomic E-state index is 0.0434. The summed E-state index contributed by atoms with van der Waals surface area (Å²) in [5, 5.41) is 2.36. The SMILES string of the molecule is C#CCNC(=O)COC(=O)c1ccc(S(=O)(=O)N2C[C@@H](C)O[C@H](C)C2)cc1. The van der Waals surface area contributed by atoms with E-state index < -0.39 is 28.5 Å². The van der Waals surface area contributed by atoms with Gasteiger partial charge in [-0.15, -0.1) is 6.42 Å². The number of sulfonamides is 1. The second kappa shape index (κ2) is 8.99. The average Bonchev–Trinajstić information content (AvgIpc) is 2.63. The van der Waals surface area contributed by atoms with Gasteiger partial charge in [-0.2, -0.15) is 4.31 Å². The van der Waals surface area contributed by atoms with Crippen molar-refractivity contribution in [3.05, 3.63) is 29.8 Å². The quantitative estimate of drug-likeness (QED) is 0.553. The van der Waals surface area contributed by atoms with Crippen molar-refractivity contribution >= 4 is 21.9 Å². The number of morpholine rings is 1. The molecule has 0 aromatic heterocycles. The summed E-state index contributed by atoms with van der Waals surface area (Å²) in [5.41, 5.74) is 0.141. The van der Waals surface area contributed by atoms with Crippen molar-refractivity contribution in [3.8, 4) is 12.3 Å². The zero-order valence-corrected chi connectivity index (χ0v) is 16.0. The number of terminal acetylenes is 1. The monoisotopic (exact) mass is 394 g/mol. The molecule has 27 heavy (non-hydrogen) atoms. The van der Waals surface area contributed by atoms with Gasteiger partial charge in [-0.05, 0) is 38.1 Å². The molecule has 1 aliphatic heterocycles. The van der Waals surface area contributed by atoms with Gasteiger partial charge in [0.2, 0.25) is 10.0 Å². The molecule has 1 fully saturated rings. The van der Waals surface area contributed by atoms with Crippen LogP contribution in [0.4, 0.5) is 0 Å². The number of hydrogen-bond donors (Lipinski definition) is 1. The summed E-state index contributed by atoms with van der Waals surface area (Å²) in [6, 6.07) is 5.38. The predicted molar refractivity (Wildman–Crippen MR) is 97.3 cm³/mol. The van der Waals surface area contributed by atoms with E-state index in [9.17, 15) is 18.0 Å². The number of benzene rings is 1. The molecular formula is C18H22N2O6S. The molecule has 146 valence electrons. The van der Waals surface area contributed by atoms with Crippen LogP contribution in [0, 0.1) is 12.3 Å². The Labute approximate surface area is 158 Å². The molecule has 1 aromatic rings. The number of ether oxygens (including phenoxy) is 2. The van der Waals surface area contributed by atoms with E-state index >= 15 is 0 Å². The first-order chi connectivity index (χ1) is 12.7. The second-order valence-corrected chi connectivity index (χ2v) is 8.10. The van der Waals surface area contributed by atoms with Crippen molar-refractivity contribution in [2.45, 2.75) is 31.0 Å². The highest BCUT2D eigenvalue weighted by Gasteiger charge is 2.32. The summed E-state index contributed by atoms with van der Waals surface area (Å²) in [7, 11) is -3.69. The zero-order valence-electron chi connectivity index (χ0n) is 15.2. The minimum atomic E-state index is -3.69. The first-order valence-electron chi connectivity index (χ1n) is 8.37. The van der Waals surface area contributed by atoms with E-state index in [1.807, 2.05) is 13.8 Å². The topological polar surface area (TPSA) is 102 Å². The summed E-state index contributed by atoms with van der Waals surface area (Å²) in [6.07, 6.45) is 4.62. The number of carbonyl (C=O) groups excluding carboxylic acids is 2. The van der Waals surface area contributed by atoms with Crippen molar-refractivity contribution in [2.24, 2.45) is 0 Å². The molecular weight excluding hydrogens is 372 g/mol. The fourth-order valence-corrected chi connectivity index (χ4v) is 4.24. The fraction of sp³-hybridized carbons (Fsp3) is 0.444. The van der Waals surface area contributed by atoms with E-state index in [-0.39, 0.29) is 42.3 Å². The number of carbonyl (C=O) groups is 2. The van der Waals surface area contributed by atoms with Crippen LogP contribution in [0.3, 0.4) is 0 Å². The summed E-state index contributed by atoms with van der Waals surface area (Å²) in [4.78, 5) is 23.4. The molecule has 0 spiro atoms. The minimum Gasteiger partial charge on any atom is -0.452 e. The number of nitrogens with zero attached hydrogens (tertiary/aromatic N) is 1. The van der Waals surface area contributed by atoms with Crippen molar-refractivity contribution in [2.75, 3.05) is 26.2 Å². The zero-order chi connectivity index (χ0) is 20.0. The van der Waals surface area contributed by atoms with E-state index in [2.05, 4.69) is 11.2 Å². The Balaban J connectivity index is 2.02. The fourth-order valence-electron chi connectivity index (χ4n) is 2.65. The van der Waals surface area contributed by atoms with Crippen LogP contribution in [0.15, 0.2) is 29.2 Å². The lowest BCUT2D eigenvalue weighted by atomic mass is 10.2. The molecule has 1 aliphatic rings. The third kappa shape index (κ3) is 5.53. The maximum absolute atomic E-state index is 12.8. The molecule has 0 saturated carbocycles. The van der Waals surface area contributed by atoms with Gasteiger partial charge in [0.15, 0.2) is 6.61 Å². The third-order valence-electron chi connectivity index (χ3n) is 3.84. The van der Waals surface area contributed by atoms with Gasteiger partial charge in [-0.1, -0.05) is 5.92 Å². The van der Waals surface area contributed by atoms with Crippen LogP contribution in [0.5, 0.6) is 0 Å². The van der Waals surface area contributed by atoms with Gasteiger partial charge >= 0.3 is 5.97 Å². The number of amides is 1. The molecule has 9 heteroatoms. The first-order valence-corrected chi connectivity index (χ1v) is 9.81. The van der Waals surface area contributed by atoms with Crippen LogP contribution in [0.2, 0.25) is 0 Å². The van der Waals surface area contributed by atoms with E-state index in [1.54, 1.807) is 0 Å². The Bertz CT molecular complexity index is 818. The Morgan fingerprint density at radius 1 is 1.26 bits per heavy atom. The van der Waals surface area contributed by atoms with Crippen molar-refractivity contribution < 1.29 is 27.5 Å². The second-order valence-electron chi connectivity index (χ2n) is 6.16. The average molecular weight is 394 g/mol. The van der Waals surface area contributed by atoms with Crippen LogP contribution in [-0.2, 0) is 24.3 Å². The number of nitrogens with one attached hydrogen (secondary N) is 1. The van der Waals surface area contributed by atoms with Crippen molar-refractivity contribution in [3.63, 3.8) is 0 Å². The molecule has 0 bridgehead atoms. The van der Waals surface area contributed by atoms with E-state index in [0.29, 0.717) is 0 Å². The van der Waals surface area contributed by atoms with Gasteiger partial charge in [0.05, 0.1) is 29.2 Å². The molecule has 0 radical (unpaired) electrons. The highest BCUT2D eigenvalue weighted by molar-refractivity contribution is 7.89.